The highest BCUT2D eigenvalue weighted by Gasteiger charge is 2.23. The van der Waals surface area contributed by atoms with Crippen molar-refractivity contribution in [1.29, 1.82) is 0 Å². The van der Waals surface area contributed by atoms with Crippen LogP contribution in [-0.2, 0) is 0 Å². The van der Waals surface area contributed by atoms with Gasteiger partial charge in [0.15, 0.2) is 0 Å². The lowest BCUT2D eigenvalue weighted by molar-refractivity contribution is 0.0687. The summed E-state index contributed by atoms with van der Waals surface area (Å²) >= 11 is 1.62. The molecule has 1 fully saturated rings. The standard InChI is InChI=1S/C19H25N3OS/c1-14-13-24-18(21-14)16-4-3-5-17(12-16)19(23)22-10-7-15(8-11-22)6-9-20-2/h3-5,12-13,15,20H,6-11H2,1-2H3. The second-order valence-corrected chi connectivity index (χ2v) is 7.36. The van der Waals surface area contributed by atoms with Crippen molar-refractivity contribution in [2.45, 2.75) is 26.2 Å². The van der Waals surface area contributed by atoms with E-state index >= 15 is 0 Å². The Hall–Kier alpha value is -1.72. The highest BCUT2D eigenvalue weighted by atomic mass is 32.1. The quantitative estimate of drug-likeness (QED) is 0.902. The van der Waals surface area contributed by atoms with Crippen molar-refractivity contribution >= 4 is 17.2 Å². The molecule has 24 heavy (non-hydrogen) atoms. The molecule has 0 atom stereocenters. The first-order valence-electron chi connectivity index (χ1n) is 8.64. The molecule has 0 bridgehead atoms. The maximum atomic E-state index is 12.8. The predicted molar refractivity (Wildman–Crippen MR) is 99.5 cm³/mol. The van der Waals surface area contributed by atoms with Gasteiger partial charge in [0.1, 0.15) is 5.01 Å². The number of thiazole rings is 1. The van der Waals surface area contributed by atoms with Gasteiger partial charge in [0.25, 0.3) is 5.91 Å². The van der Waals surface area contributed by atoms with Crippen LogP contribution in [0.2, 0.25) is 0 Å². The number of hydrogen-bond donors (Lipinski definition) is 1. The summed E-state index contributed by atoms with van der Waals surface area (Å²) in [5.41, 5.74) is 2.83. The molecule has 0 radical (unpaired) electrons. The van der Waals surface area contributed by atoms with Gasteiger partial charge in [-0.2, -0.15) is 0 Å². The number of rotatable bonds is 5. The molecule has 2 aromatic rings. The Morgan fingerprint density at radius 1 is 1.38 bits per heavy atom. The number of nitrogens with one attached hydrogen (secondary N) is 1. The van der Waals surface area contributed by atoms with E-state index in [4.69, 9.17) is 0 Å². The highest BCUT2D eigenvalue weighted by molar-refractivity contribution is 7.13. The molecular formula is C19H25N3OS. The zero-order chi connectivity index (χ0) is 16.9. The molecule has 1 aliphatic rings. The van der Waals surface area contributed by atoms with E-state index in [0.717, 1.165) is 60.2 Å². The molecule has 1 N–H and O–H groups in total. The average Bonchev–Trinajstić information content (AvgIpc) is 3.06. The minimum absolute atomic E-state index is 0.150. The van der Waals surface area contributed by atoms with Crippen LogP contribution in [0.15, 0.2) is 29.6 Å². The lowest BCUT2D eigenvalue weighted by Gasteiger charge is -2.32. The average molecular weight is 343 g/mol. The fourth-order valence-electron chi connectivity index (χ4n) is 3.23. The van der Waals surface area contributed by atoms with Crippen molar-refractivity contribution in [3.05, 3.63) is 40.9 Å². The Morgan fingerprint density at radius 2 is 2.17 bits per heavy atom. The van der Waals surface area contributed by atoms with E-state index in [1.165, 1.54) is 6.42 Å². The summed E-state index contributed by atoms with van der Waals surface area (Å²) in [5.74, 6) is 0.892. The number of nitrogens with zero attached hydrogens (tertiary/aromatic N) is 2. The lowest BCUT2D eigenvalue weighted by atomic mass is 9.93. The van der Waals surface area contributed by atoms with Crippen LogP contribution in [-0.4, -0.2) is 42.5 Å². The third kappa shape index (κ3) is 4.02. The summed E-state index contributed by atoms with van der Waals surface area (Å²) in [5, 5.41) is 6.23. The largest absolute Gasteiger partial charge is 0.339 e. The summed E-state index contributed by atoms with van der Waals surface area (Å²) < 4.78 is 0. The minimum Gasteiger partial charge on any atom is -0.339 e. The predicted octanol–water partition coefficient (Wildman–Crippen LogP) is 3.58. The van der Waals surface area contributed by atoms with Gasteiger partial charge in [-0.15, -0.1) is 11.3 Å². The molecule has 5 heteroatoms. The van der Waals surface area contributed by atoms with Crippen LogP contribution < -0.4 is 5.32 Å². The maximum absolute atomic E-state index is 12.8. The highest BCUT2D eigenvalue weighted by Crippen LogP contribution is 2.26. The second-order valence-electron chi connectivity index (χ2n) is 6.50. The maximum Gasteiger partial charge on any atom is 0.253 e. The van der Waals surface area contributed by atoms with Crippen molar-refractivity contribution < 1.29 is 4.79 Å². The van der Waals surface area contributed by atoms with Crippen LogP contribution in [0.3, 0.4) is 0 Å². The van der Waals surface area contributed by atoms with Crippen molar-refractivity contribution in [3.8, 4) is 10.6 Å². The molecule has 0 spiro atoms. The molecular weight excluding hydrogens is 318 g/mol. The first-order valence-corrected chi connectivity index (χ1v) is 9.52. The molecule has 1 aromatic carbocycles. The number of aryl methyl sites for hydroxylation is 1. The summed E-state index contributed by atoms with van der Waals surface area (Å²) in [7, 11) is 2.00. The van der Waals surface area contributed by atoms with E-state index in [1.807, 2.05) is 48.5 Å². The zero-order valence-corrected chi connectivity index (χ0v) is 15.2. The number of amides is 1. The van der Waals surface area contributed by atoms with Crippen LogP contribution in [0.5, 0.6) is 0 Å². The van der Waals surface area contributed by atoms with E-state index in [0.29, 0.717) is 0 Å². The van der Waals surface area contributed by atoms with Crippen LogP contribution in [0, 0.1) is 12.8 Å². The van der Waals surface area contributed by atoms with E-state index in [1.54, 1.807) is 11.3 Å². The fraction of sp³-hybridized carbons (Fsp3) is 0.474. The summed E-state index contributed by atoms with van der Waals surface area (Å²) in [6.07, 6.45) is 3.43. The van der Waals surface area contributed by atoms with Gasteiger partial charge >= 0.3 is 0 Å². The third-order valence-electron chi connectivity index (χ3n) is 4.68. The first-order chi connectivity index (χ1) is 11.7. The molecule has 1 aromatic heterocycles. The zero-order valence-electron chi connectivity index (χ0n) is 14.4. The monoisotopic (exact) mass is 343 g/mol. The molecule has 0 saturated carbocycles. The van der Waals surface area contributed by atoms with Gasteiger partial charge in [0.2, 0.25) is 0 Å². The first kappa shape index (κ1) is 17.1. The van der Waals surface area contributed by atoms with E-state index in [-0.39, 0.29) is 5.91 Å². The minimum atomic E-state index is 0.150. The molecule has 1 amide bonds. The van der Waals surface area contributed by atoms with Gasteiger partial charge in [-0.1, -0.05) is 12.1 Å². The van der Waals surface area contributed by atoms with Crippen LogP contribution in [0.4, 0.5) is 0 Å². The van der Waals surface area contributed by atoms with E-state index < -0.39 is 0 Å². The van der Waals surface area contributed by atoms with Gasteiger partial charge in [0, 0.05) is 35.3 Å². The summed E-state index contributed by atoms with van der Waals surface area (Å²) in [6, 6.07) is 7.88. The topological polar surface area (TPSA) is 45.2 Å². The Labute approximate surface area is 147 Å². The number of piperidine rings is 1. The van der Waals surface area contributed by atoms with Crippen molar-refractivity contribution in [1.82, 2.24) is 15.2 Å². The van der Waals surface area contributed by atoms with Gasteiger partial charge in [-0.3, -0.25) is 4.79 Å². The number of hydrogen-bond acceptors (Lipinski definition) is 4. The van der Waals surface area contributed by atoms with Gasteiger partial charge in [-0.25, -0.2) is 4.98 Å². The molecule has 3 rings (SSSR count). The van der Waals surface area contributed by atoms with Crippen molar-refractivity contribution in [3.63, 3.8) is 0 Å². The van der Waals surface area contributed by atoms with Gasteiger partial charge in [0.05, 0.1) is 0 Å². The van der Waals surface area contributed by atoms with Crippen LogP contribution in [0.25, 0.3) is 10.6 Å². The summed E-state index contributed by atoms with van der Waals surface area (Å²) in [6.45, 7) is 4.79. The molecule has 1 aliphatic heterocycles. The molecule has 0 unspecified atom stereocenters. The molecule has 4 nitrogen and oxygen atoms in total. The summed E-state index contributed by atoms with van der Waals surface area (Å²) in [4.78, 5) is 19.3. The Balaban J connectivity index is 1.65. The van der Waals surface area contributed by atoms with E-state index in [2.05, 4.69) is 10.3 Å². The normalized spacial score (nSPS) is 15.7. The number of likely N-dealkylation sites (tertiary alicyclic amines) is 1. The Kier molecular flexibility index (Phi) is 5.63. The smallest absolute Gasteiger partial charge is 0.253 e. The van der Waals surface area contributed by atoms with Crippen molar-refractivity contribution in [2.75, 3.05) is 26.7 Å². The number of carbonyl (C=O) groups is 1. The lowest BCUT2D eigenvalue weighted by Crippen LogP contribution is -2.38. The molecule has 2 heterocycles. The molecule has 0 aliphatic carbocycles. The SMILES string of the molecule is CNCCC1CCN(C(=O)c2cccc(-c3nc(C)cs3)c2)CC1. The second kappa shape index (κ2) is 7.90. The van der Waals surface area contributed by atoms with Gasteiger partial charge < -0.3 is 10.2 Å². The third-order valence-corrected chi connectivity index (χ3v) is 5.69. The van der Waals surface area contributed by atoms with E-state index in [9.17, 15) is 4.79 Å². The van der Waals surface area contributed by atoms with Gasteiger partial charge in [-0.05, 0) is 57.8 Å². The fourth-order valence-corrected chi connectivity index (χ4v) is 4.02. The molecule has 1 saturated heterocycles. The number of carbonyl (C=O) groups excluding carboxylic acids is 1. The Morgan fingerprint density at radius 3 is 2.83 bits per heavy atom. The number of aromatic nitrogens is 1. The van der Waals surface area contributed by atoms with Crippen LogP contribution >= 0.6 is 11.3 Å². The number of benzene rings is 1. The van der Waals surface area contributed by atoms with Crippen molar-refractivity contribution in [2.24, 2.45) is 5.92 Å². The molecule has 128 valence electrons. The Bertz CT molecular complexity index is 689. The van der Waals surface area contributed by atoms with Crippen LogP contribution in [0.1, 0.15) is 35.3 Å².